The van der Waals surface area contributed by atoms with Crippen LogP contribution in [0.1, 0.15) is 12.5 Å². The molecule has 1 heterocycles. The fraction of sp³-hybridized carbons (Fsp3) is 0.182. The van der Waals surface area contributed by atoms with E-state index in [4.69, 9.17) is 12.2 Å². The summed E-state index contributed by atoms with van der Waals surface area (Å²) in [6.07, 6.45) is 4.85. The Hall–Kier alpha value is -1.35. The Morgan fingerprint density at radius 1 is 1.29 bits per heavy atom. The van der Waals surface area contributed by atoms with Crippen LogP contribution in [-0.2, 0) is 6.42 Å². The van der Waals surface area contributed by atoms with Crippen LogP contribution < -0.4 is 0 Å². The first kappa shape index (κ1) is 9.21. The second-order valence-electron chi connectivity index (χ2n) is 3.16. The molecule has 0 amide bonds. The average Bonchev–Trinajstić information content (AvgIpc) is 2.65. The van der Waals surface area contributed by atoms with Crippen molar-refractivity contribution in [1.29, 1.82) is 0 Å². The Bertz CT molecular complexity index is 465. The van der Waals surface area contributed by atoms with Gasteiger partial charge in [0.25, 0.3) is 0 Å². The number of H-pyrrole nitrogens is 1. The molecule has 0 radical (unpaired) electrons. The number of benzene rings is 1. The molecule has 2 rings (SSSR count). The summed E-state index contributed by atoms with van der Waals surface area (Å²) >= 11 is 5.14. The van der Waals surface area contributed by atoms with E-state index in [1.165, 1.54) is 5.56 Å². The van der Waals surface area contributed by atoms with E-state index in [1.54, 1.807) is 0 Å². The third-order valence-corrected chi connectivity index (χ3v) is 2.59. The molecule has 0 saturated carbocycles. The lowest BCUT2D eigenvalue weighted by Gasteiger charge is -2.02. The van der Waals surface area contributed by atoms with Crippen molar-refractivity contribution in [2.75, 3.05) is 0 Å². The molecule has 1 aromatic carbocycles. The number of aryl methyl sites for hydroxylation is 1. The van der Waals surface area contributed by atoms with Crippen LogP contribution in [0.5, 0.6) is 0 Å². The molecule has 0 aliphatic carbocycles. The summed E-state index contributed by atoms with van der Waals surface area (Å²) in [4.78, 5) is 2.97. The monoisotopic (exact) mass is 204 g/mol. The Morgan fingerprint density at radius 2 is 2.00 bits per heavy atom. The van der Waals surface area contributed by atoms with Gasteiger partial charge in [0.15, 0.2) is 4.77 Å². The van der Waals surface area contributed by atoms with Crippen molar-refractivity contribution >= 4 is 12.2 Å². The normalized spacial score (nSPS) is 10.4. The Kier molecular flexibility index (Phi) is 2.50. The fourth-order valence-electron chi connectivity index (χ4n) is 1.42. The maximum Gasteiger partial charge on any atom is 0.181 e. The van der Waals surface area contributed by atoms with Gasteiger partial charge in [0.1, 0.15) is 0 Å². The first-order valence-corrected chi connectivity index (χ1v) is 5.07. The number of hydrogen-bond acceptors (Lipinski definition) is 1. The number of hydrogen-bond donors (Lipinski definition) is 1. The van der Waals surface area contributed by atoms with Gasteiger partial charge in [0.2, 0.25) is 0 Å². The minimum atomic E-state index is 0.731. The van der Waals surface area contributed by atoms with Gasteiger partial charge in [-0.05, 0) is 36.3 Å². The smallest absolute Gasteiger partial charge is 0.181 e. The van der Waals surface area contributed by atoms with E-state index in [2.05, 4.69) is 36.2 Å². The number of aromatic amines is 1. The van der Waals surface area contributed by atoms with Crippen LogP contribution in [0.2, 0.25) is 0 Å². The third-order valence-electron chi connectivity index (χ3n) is 2.27. The number of aromatic nitrogens is 2. The predicted molar refractivity (Wildman–Crippen MR) is 60.3 cm³/mol. The van der Waals surface area contributed by atoms with Gasteiger partial charge in [0.05, 0.1) is 0 Å². The first-order valence-electron chi connectivity index (χ1n) is 4.66. The van der Waals surface area contributed by atoms with E-state index >= 15 is 0 Å². The van der Waals surface area contributed by atoms with Crippen molar-refractivity contribution in [1.82, 2.24) is 9.55 Å². The standard InChI is InChI=1S/C11H12N2S/c1-2-9-3-5-10(6-4-9)13-8-7-12-11(13)14/h3-8H,2H2,1H3,(H,12,14). The van der Waals surface area contributed by atoms with Crippen molar-refractivity contribution in [3.05, 3.63) is 47.0 Å². The SMILES string of the molecule is CCc1ccc(-n2cc[nH]c2=S)cc1. The van der Waals surface area contributed by atoms with Gasteiger partial charge in [0, 0.05) is 18.1 Å². The molecule has 0 fully saturated rings. The van der Waals surface area contributed by atoms with Crippen LogP contribution in [0.4, 0.5) is 0 Å². The van der Waals surface area contributed by atoms with E-state index in [-0.39, 0.29) is 0 Å². The summed E-state index contributed by atoms with van der Waals surface area (Å²) in [5, 5.41) is 0. The molecule has 0 saturated heterocycles. The minimum Gasteiger partial charge on any atom is -0.337 e. The van der Waals surface area contributed by atoms with Crippen molar-refractivity contribution in [2.24, 2.45) is 0 Å². The van der Waals surface area contributed by atoms with E-state index in [0.29, 0.717) is 0 Å². The highest BCUT2D eigenvalue weighted by atomic mass is 32.1. The van der Waals surface area contributed by atoms with Gasteiger partial charge in [-0.3, -0.25) is 4.57 Å². The highest BCUT2D eigenvalue weighted by Gasteiger charge is 1.96. The summed E-state index contributed by atoms with van der Waals surface area (Å²) < 4.78 is 2.68. The second-order valence-corrected chi connectivity index (χ2v) is 3.54. The van der Waals surface area contributed by atoms with Gasteiger partial charge in [-0.25, -0.2) is 0 Å². The first-order chi connectivity index (χ1) is 6.81. The topological polar surface area (TPSA) is 20.7 Å². The summed E-state index contributed by atoms with van der Waals surface area (Å²) in [5.74, 6) is 0. The molecule has 0 spiro atoms. The number of nitrogens with zero attached hydrogens (tertiary/aromatic N) is 1. The molecule has 0 unspecified atom stereocenters. The maximum absolute atomic E-state index is 5.14. The highest BCUT2D eigenvalue weighted by Crippen LogP contribution is 2.10. The number of imidazole rings is 1. The Morgan fingerprint density at radius 3 is 2.50 bits per heavy atom. The summed E-state index contributed by atoms with van der Waals surface area (Å²) in [5.41, 5.74) is 2.45. The molecule has 1 aromatic heterocycles. The second kappa shape index (κ2) is 3.80. The largest absolute Gasteiger partial charge is 0.337 e. The molecular weight excluding hydrogens is 192 g/mol. The van der Waals surface area contributed by atoms with E-state index in [9.17, 15) is 0 Å². The van der Waals surface area contributed by atoms with Crippen molar-refractivity contribution in [3.8, 4) is 5.69 Å². The van der Waals surface area contributed by atoms with Crippen LogP contribution in [-0.4, -0.2) is 9.55 Å². The quantitative estimate of drug-likeness (QED) is 0.745. The van der Waals surface area contributed by atoms with Crippen LogP contribution in [0, 0.1) is 4.77 Å². The Balaban J connectivity index is 2.44. The van der Waals surface area contributed by atoms with Gasteiger partial charge in [-0.2, -0.15) is 0 Å². The summed E-state index contributed by atoms with van der Waals surface area (Å²) in [7, 11) is 0. The molecular formula is C11H12N2S. The molecule has 1 N–H and O–H groups in total. The number of nitrogens with one attached hydrogen (secondary N) is 1. The number of rotatable bonds is 2. The zero-order chi connectivity index (χ0) is 9.97. The van der Waals surface area contributed by atoms with Gasteiger partial charge < -0.3 is 4.98 Å². The molecule has 0 atom stereocenters. The van der Waals surface area contributed by atoms with Gasteiger partial charge in [-0.15, -0.1) is 0 Å². The van der Waals surface area contributed by atoms with Crippen molar-refractivity contribution in [3.63, 3.8) is 0 Å². The van der Waals surface area contributed by atoms with Crippen LogP contribution in [0.15, 0.2) is 36.7 Å². The van der Waals surface area contributed by atoms with Gasteiger partial charge in [-0.1, -0.05) is 19.1 Å². The van der Waals surface area contributed by atoms with Gasteiger partial charge >= 0.3 is 0 Å². The van der Waals surface area contributed by atoms with Crippen molar-refractivity contribution < 1.29 is 0 Å². The summed E-state index contributed by atoms with van der Waals surface area (Å²) in [6.45, 7) is 2.15. The van der Waals surface area contributed by atoms with Crippen LogP contribution in [0.25, 0.3) is 5.69 Å². The maximum atomic E-state index is 5.14. The average molecular weight is 204 g/mol. The molecule has 14 heavy (non-hydrogen) atoms. The molecule has 2 nitrogen and oxygen atoms in total. The lowest BCUT2D eigenvalue weighted by molar-refractivity contribution is 1.02. The van der Waals surface area contributed by atoms with Crippen molar-refractivity contribution in [2.45, 2.75) is 13.3 Å². The zero-order valence-corrected chi connectivity index (χ0v) is 8.84. The molecule has 72 valence electrons. The van der Waals surface area contributed by atoms with Crippen LogP contribution in [0.3, 0.4) is 0 Å². The lowest BCUT2D eigenvalue weighted by atomic mass is 10.1. The molecule has 3 heteroatoms. The van der Waals surface area contributed by atoms with E-state index in [0.717, 1.165) is 16.9 Å². The lowest BCUT2D eigenvalue weighted by Crippen LogP contribution is -1.92. The molecule has 0 bridgehead atoms. The van der Waals surface area contributed by atoms with Crippen LogP contribution >= 0.6 is 12.2 Å². The molecule has 2 aromatic rings. The fourth-order valence-corrected chi connectivity index (χ4v) is 1.65. The zero-order valence-electron chi connectivity index (χ0n) is 8.03. The molecule has 0 aliphatic heterocycles. The minimum absolute atomic E-state index is 0.731. The predicted octanol–water partition coefficient (Wildman–Crippen LogP) is 3.10. The Labute approximate surface area is 88.2 Å². The van der Waals surface area contributed by atoms with E-state index in [1.807, 2.05) is 17.0 Å². The highest BCUT2D eigenvalue weighted by molar-refractivity contribution is 7.71. The summed E-state index contributed by atoms with van der Waals surface area (Å²) in [6, 6.07) is 8.43. The third kappa shape index (κ3) is 1.63. The molecule has 0 aliphatic rings. The van der Waals surface area contributed by atoms with E-state index < -0.39 is 0 Å².